The molecule has 2 heterocycles. The number of aryl methyl sites for hydroxylation is 1. The predicted molar refractivity (Wildman–Crippen MR) is 78.6 cm³/mol. The molecular formula is C14H14N4OS. The van der Waals surface area contributed by atoms with E-state index in [0.717, 1.165) is 16.3 Å². The lowest BCUT2D eigenvalue weighted by Crippen LogP contribution is -2.07. The van der Waals surface area contributed by atoms with Crippen molar-refractivity contribution in [3.05, 3.63) is 46.4 Å². The molecule has 3 rings (SSSR count). The van der Waals surface area contributed by atoms with Gasteiger partial charge in [0.15, 0.2) is 0 Å². The molecule has 0 spiro atoms. The van der Waals surface area contributed by atoms with Crippen molar-refractivity contribution in [1.29, 1.82) is 0 Å². The molecule has 102 valence electrons. The maximum absolute atomic E-state index is 5.25. The van der Waals surface area contributed by atoms with Crippen LogP contribution in [0.25, 0.3) is 11.5 Å². The average molecular weight is 286 g/mol. The summed E-state index contributed by atoms with van der Waals surface area (Å²) in [6.45, 7) is 4.01. The lowest BCUT2D eigenvalue weighted by molar-refractivity contribution is 0.431. The molecule has 3 aromatic rings. The zero-order valence-corrected chi connectivity index (χ0v) is 12.0. The summed E-state index contributed by atoms with van der Waals surface area (Å²) in [5.41, 5.74) is 1.93. The third kappa shape index (κ3) is 2.70. The molecule has 0 bridgehead atoms. The first kappa shape index (κ1) is 12.8. The van der Waals surface area contributed by atoms with Crippen LogP contribution < -0.4 is 5.32 Å². The van der Waals surface area contributed by atoms with Gasteiger partial charge in [-0.3, -0.25) is 0 Å². The number of aromatic nitrogens is 3. The fraction of sp³-hybridized carbons (Fsp3) is 0.214. The van der Waals surface area contributed by atoms with Gasteiger partial charge in [-0.05, 0) is 31.1 Å². The van der Waals surface area contributed by atoms with Crippen molar-refractivity contribution in [2.24, 2.45) is 0 Å². The van der Waals surface area contributed by atoms with Gasteiger partial charge < -0.3 is 9.84 Å². The predicted octanol–water partition coefficient (Wildman–Crippen LogP) is 3.67. The van der Waals surface area contributed by atoms with Gasteiger partial charge in [-0.25, -0.2) is 4.98 Å². The van der Waals surface area contributed by atoms with E-state index in [1.54, 1.807) is 11.3 Å². The molecule has 6 heteroatoms. The highest BCUT2D eigenvalue weighted by Crippen LogP contribution is 2.23. The molecule has 0 saturated heterocycles. The molecule has 20 heavy (non-hydrogen) atoms. The fourth-order valence-electron chi connectivity index (χ4n) is 1.81. The fourth-order valence-corrected chi connectivity index (χ4v) is 2.61. The highest BCUT2D eigenvalue weighted by molar-refractivity contribution is 7.09. The third-order valence-corrected chi connectivity index (χ3v) is 3.94. The Morgan fingerprint density at radius 1 is 1.20 bits per heavy atom. The first-order valence-electron chi connectivity index (χ1n) is 6.30. The van der Waals surface area contributed by atoms with Gasteiger partial charge in [-0.1, -0.05) is 18.2 Å². The van der Waals surface area contributed by atoms with Crippen LogP contribution in [0.15, 0.2) is 40.2 Å². The first-order valence-corrected chi connectivity index (χ1v) is 7.18. The van der Waals surface area contributed by atoms with E-state index in [-0.39, 0.29) is 6.04 Å². The standard InChI is InChI=1S/C14H14N4OS/c1-9-8-20-13(15-9)10(2)16-14-17-12(19-18-14)11-6-4-3-5-7-11/h3-8,10H,1-2H3,(H,16,18). The average Bonchev–Trinajstić information content (AvgIpc) is 3.09. The van der Waals surface area contributed by atoms with Crippen LogP contribution in [0, 0.1) is 6.92 Å². The number of nitrogens with one attached hydrogen (secondary N) is 1. The zero-order chi connectivity index (χ0) is 13.9. The highest BCUT2D eigenvalue weighted by atomic mass is 32.1. The number of benzene rings is 1. The van der Waals surface area contributed by atoms with E-state index in [1.807, 2.05) is 49.6 Å². The largest absolute Gasteiger partial charge is 0.343 e. The molecule has 0 aliphatic rings. The molecule has 1 aromatic carbocycles. The van der Waals surface area contributed by atoms with E-state index >= 15 is 0 Å². The van der Waals surface area contributed by atoms with Gasteiger partial charge in [0.1, 0.15) is 5.01 Å². The van der Waals surface area contributed by atoms with Crippen LogP contribution >= 0.6 is 11.3 Å². The molecule has 1 unspecified atom stereocenters. The van der Waals surface area contributed by atoms with E-state index in [0.29, 0.717) is 11.8 Å². The molecule has 0 saturated carbocycles. The first-order chi connectivity index (χ1) is 9.72. The van der Waals surface area contributed by atoms with Gasteiger partial charge >= 0.3 is 0 Å². The molecule has 0 aliphatic carbocycles. The Bertz CT molecular complexity index is 692. The number of hydrogen-bond acceptors (Lipinski definition) is 6. The normalized spacial score (nSPS) is 12.3. The Morgan fingerprint density at radius 2 is 2.00 bits per heavy atom. The molecule has 5 nitrogen and oxygen atoms in total. The van der Waals surface area contributed by atoms with Gasteiger partial charge in [0.2, 0.25) is 0 Å². The lowest BCUT2D eigenvalue weighted by atomic mass is 10.2. The molecule has 0 aliphatic heterocycles. The van der Waals surface area contributed by atoms with Crippen LogP contribution in [-0.4, -0.2) is 15.1 Å². The Hall–Kier alpha value is -2.21. The monoisotopic (exact) mass is 286 g/mol. The molecule has 0 radical (unpaired) electrons. The second-order valence-electron chi connectivity index (χ2n) is 4.48. The summed E-state index contributed by atoms with van der Waals surface area (Å²) in [7, 11) is 0. The SMILES string of the molecule is Cc1csc(C(C)Nc2noc(-c3ccccc3)n2)n1. The summed E-state index contributed by atoms with van der Waals surface area (Å²) < 4.78 is 5.25. The Balaban J connectivity index is 1.74. The van der Waals surface area contributed by atoms with Gasteiger partial charge in [0, 0.05) is 16.6 Å². The Morgan fingerprint density at radius 3 is 2.70 bits per heavy atom. The summed E-state index contributed by atoms with van der Waals surface area (Å²) in [5, 5.41) is 10.2. The van der Waals surface area contributed by atoms with E-state index in [2.05, 4.69) is 20.4 Å². The summed E-state index contributed by atoms with van der Waals surface area (Å²) in [6.07, 6.45) is 0. The number of nitrogens with zero attached hydrogens (tertiary/aromatic N) is 3. The van der Waals surface area contributed by atoms with E-state index in [9.17, 15) is 0 Å². The molecule has 1 atom stereocenters. The van der Waals surface area contributed by atoms with Crippen molar-refractivity contribution in [3.63, 3.8) is 0 Å². The van der Waals surface area contributed by atoms with Crippen molar-refractivity contribution < 1.29 is 4.52 Å². The number of rotatable bonds is 4. The van der Waals surface area contributed by atoms with Crippen molar-refractivity contribution in [3.8, 4) is 11.5 Å². The van der Waals surface area contributed by atoms with Crippen LogP contribution in [0.4, 0.5) is 5.95 Å². The van der Waals surface area contributed by atoms with Crippen molar-refractivity contribution in [2.45, 2.75) is 19.9 Å². The summed E-state index contributed by atoms with van der Waals surface area (Å²) in [4.78, 5) is 8.78. The summed E-state index contributed by atoms with van der Waals surface area (Å²) in [5.74, 6) is 0.986. The van der Waals surface area contributed by atoms with Crippen molar-refractivity contribution >= 4 is 17.3 Å². The van der Waals surface area contributed by atoms with Gasteiger partial charge in [0.25, 0.3) is 11.8 Å². The minimum atomic E-state index is 0.0509. The molecular weight excluding hydrogens is 272 g/mol. The lowest BCUT2D eigenvalue weighted by Gasteiger charge is -2.07. The van der Waals surface area contributed by atoms with Crippen LogP contribution in [0.3, 0.4) is 0 Å². The Kier molecular flexibility index (Phi) is 3.47. The van der Waals surface area contributed by atoms with Crippen LogP contribution in [0.5, 0.6) is 0 Å². The second-order valence-corrected chi connectivity index (χ2v) is 5.37. The van der Waals surface area contributed by atoms with E-state index < -0.39 is 0 Å². The third-order valence-electron chi connectivity index (χ3n) is 2.80. The second kappa shape index (κ2) is 5.42. The molecule has 1 N–H and O–H groups in total. The van der Waals surface area contributed by atoms with Gasteiger partial charge in [-0.15, -0.1) is 11.3 Å². The van der Waals surface area contributed by atoms with E-state index in [1.165, 1.54) is 0 Å². The Labute approximate surface area is 120 Å². The number of hydrogen-bond donors (Lipinski definition) is 1. The number of thiazole rings is 1. The minimum absolute atomic E-state index is 0.0509. The summed E-state index contributed by atoms with van der Waals surface area (Å²) in [6, 6.07) is 9.75. The van der Waals surface area contributed by atoms with E-state index in [4.69, 9.17) is 4.52 Å². The van der Waals surface area contributed by atoms with Crippen LogP contribution in [0.1, 0.15) is 23.7 Å². The molecule has 0 fully saturated rings. The maximum Gasteiger partial charge on any atom is 0.264 e. The molecule has 0 amide bonds. The van der Waals surface area contributed by atoms with Crippen molar-refractivity contribution in [2.75, 3.05) is 5.32 Å². The quantitative estimate of drug-likeness (QED) is 0.792. The minimum Gasteiger partial charge on any atom is -0.343 e. The smallest absolute Gasteiger partial charge is 0.264 e. The number of anilines is 1. The summed E-state index contributed by atoms with van der Waals surface area (Å²) >= 11 is 1.62. The van der Waals surface area contributed by atoms with Crippen molar-refractivity contribution in [1.82, 2.24) is 15.1 Å². The van der Waals surface area contributed by atoms with Gasteiger partial charge in [0.05, 0.1) is 6.04 Å². The van der Waals surface area contributed by atoms with Gasteiger partial charge in [-0.2, -0.15) is 4.98 Å². The maximum atomic E-state index is 5.25. The van der Waals surface area contributed by atoms with Crippen LogP contribution in [-0.2, 0) is 0 Å². The topological polar surface area (TPSA) is 63.8 Å². The van der Waals surface area contributed by atoms with Crippen LogP contribution in [0.2, 0.25) is 0 Å². The molecule has 2 aromatic heterocycles. The highest BCUT2D eigenvalue weighted by Gasteiger charge is 2.13. The zero-order valence-electron chi connectivity index (χ0n) is 11.2.